The molecule has 5 nitrogen and oxygen atoms in total. The lowest BCUT2D eigenvalue weighted by Crippen LogP contribution is -2.36. The Labute approximate surface area is 95.2 Å². The zero-order valence-electron chi connectivity index (χ0n) is 9.22. The smallest absolute Gasteiger partial charge is 0.134 e. The topological polar surface area (TPSA) is 50.3 Å². The third kappa shape index (κ3) is 2.70. The molecule has 1 aliphatic rings. The number of anilines is 2. The fourth-order valence-electron chi connectivity index (χ4n) is 1.59. The van der Waals surface area contributed by atoms with Crippen LogP contribution in [0.25, 0.3) is 0 Å². The molecule has 0 bridgehead atoms. The summed E-state index contributed by atoms with van der Waals surface area (Å²) in [5.41, 5.74) is 0. The highest BCUT2D eigenvalue weighted by Gasteiger charge is 2.12. The normalized spacial score (nSPS) is 15.9. The molecule has 0 spiro atoms. The molecule has 0 aliphatic carbocycles. The van der Waals surface area contributed by atoms with E-state index in [1.54, 1.807) is 12.4 Å². The van der Waals surface area contributed by atoms with Crippen LogP contribution >= 0.6 is 0 Å². The van der Waals surface area contributed by atoms with Gasteiger partial charge in [-0.1, -0.05) is 6.08 Å². The molecule has 0 aromatic carbocycles. The molecule has 1 aromatic heterocycles. The molecule has 0 saturated carbocycles. The number of morpholine rings is 1. The fourth-order valence-corrected chi connectivity index (χ4v) is 1.59. The Kier molecular flexibility index (Phi) is 3.71. The van der Waals surface area contributed by atoms with Crippen molar-refractivity contribution >= 4 is 11.6 Å². The average molecular weight is 220 g/mol. The maximum atomic E-state index is 5.30. The molecule has 5 heteroatoms. The van der Waals surface area contributed by atoms with Gasteiger partial charge in [-0.15, -0.1) is 6.58 Å². The SMILES string of the molecule is C=CCNc1cc(N2CCOCC2)ncn1. The van der Waals surface area contributed by atoms with Crippen molar-refractivity contribution in [2.45, 2.75) is 0 Å². The maximum Gasteiger partial charge on any atom is 0.134 e. The lowest BCUT2D eigenvalue weighted by molar-refractivity contribution is 0.122. The van der Waals surface area contributed by atoms with Gasteiger partial charge in [0.2, 0.25) is 0 Å². The lowest BCUT2D eigenvalue weighted by Gasteiger charge is -2.27. The van der Waals surface area contributed by atoms with Gasteiger partial charge in [0, 0.05) is 25.7 Å². The van der Waals surface area contributed by atoms with E-state index in [9.17, 15) is 0 Å². The molecule has 0 radical (unpaired) electrons. The van der Waals surface area contributed by atoms with Gasteiger partial charge in [0.15, 0.2) is 0 Å². The summed E-state index contributed by atoms with van der Waals surface area (Å²) >= 11 is 0. The zero-order valence-corrected chi connectivity index (χ0v) is 9.22. The van der Waals surface area contributed by atoms with Gasteiger partial charge < -0.3 is 15.0 Å². The molecule has 2 heterocycles. The van der Waals surface area contributed by atoms with E-state index in [0.29, 0.717) is 6.54 Å². The summed E-state index contributed by atoms with van der Waals surface area (Å²) in [5.74, 6) is 1.78. The summed E-state index contributed by atoms with van der Waals surface area (Å²) in [4.78, 5) is 10.6. The molecule has 86 valence electrons. The fraction of sp³-hybridized carbons (Fsp3) is 0.455. The van der Waals surface area contributed by atoms with E-state index in [-0.39, 0.29) is 0 Å². The van der Waals surface area contributed by atoms with Crippen LogP contribution in [0.1, 0.15) is 0 Å². The van der Waals surface area contributed by atoms with Crippen molar-refractivity contribution in [3.63, 3.8) is 0 Å². The molecule has 1 N–H and O–H groups in total. The lowest BCUT2D eigenvalue weighted by atomic mass is 10.4. The van der Waals surface area contributed by atoms with E-state index in [0.717, 1.165) is 37.9 Å². The number of hydrogen-bond donors (Lipinski definition) is 1. The monoisotopic (exact) mass is 220 g/mol. The van der Waals surface area contributed by atoms with Crippen LogP contribution in [0.2, 0.25) is 0 Å². The van der Waals surface area contributed by atoms with Crippen molar-refractivity contribution in [2.75, 3.05) is 43.1 Å². The van der Waals surface area contributed by atoms with Crippen LogP contribution < -0.4 is 10.2 Å². The standard InChI is InChI=1S/C11H16N4O/c1-2-3-12-10-8-11(14-9-13-10)15-4-6-16-7-5-15/h2,8-9H,1,3-7H2,(H,12,13,14). The van der Waals surface area contributed by atoms with E-state index >= 15 is 0 Å². The number of ether oxygens (including phenoxy) is 1. The Balaban J connectivity index is 2.05. The highest BCUT2D eigenvalue weighted by molar-refractivity contribution is 5.48. The van der Waals surface area contributed by atoms with Crippen LogP contribution in [0.4, 0.5) is 11.6 Å². The van der Waals surface area contributed by atoms with Crippen LogP contribution in [-0.2, 0) is 4.74 Å². The summed E-state index contributed by atoms with van der Waals surface area (Å²) in [6, 6.07) is 1.95. The number of nitrogens with zero attached hydrogens (tertiary/aromatic N) is 3. The van der Waals surface area contributed by atoms with Gasteiger partial charge in [-0.25, -0.2) is 9.97 Å². The minimum atomic E-state index is 0.708. The van der Waals surface area contributed by atoms with E-state index in [2.05, 4.69) is 26.8 Å². The first-order chi connectivity index (χ1) is 7.90. The van der Waals surface area contributed by atoms with Gasteiger partial charge in [0.05, 0.1) is 13.2 Å². The highest BCUT2D eigenvalue weighted by Crippen LogP contribution is 2.14. The van der Waals surface area contributed by atoms with E-state index in [1.807, 2.05) is 6.07 Å². The van der Waals surface area contributed by atoms with Crippen molar-refractivity contribution in [1.82, 2.24) is 9.97 Å². The minimum absolute atomic E-state index is 0.708. The van der Waals surface area contributed by atoms with E-state index in [4.69, 9.17) is 4.74 Å². The Bertz CT molecular complexity index is 350. The molecule has 1 aromatic rings. The predicted molar refractivity (Wildman–Crippen MR) is 63.8 cm³/mol. The zero-order chi connectivity index (χ0) is 11.2. The maximum absolute atomic E-state index is 5.30. The second kappa shape index (κ2) is 5.46. The molecule has 1 saturated heterocycles. The van der Waals surface area contributed by atoms with Crippen molar-refractivity contribution in [3.8, 4) is 0 Å². The second-order valence-electron chi connectivity index (χ2n) is 3.53. The molecule has 2 rings (SSSR count). The first-order valence-electron chi connectivity index (χ1n) is 5.39. The van der Waals surface area contributed by atoms with Gasteiger partial charge in [0.25, 0.3) is 0 Å². The van der Waals surface area contributed by atoms with Gasteiger partial charge in [-0.2, -0.15) is 0 Å². The first kappa shape index (κ1) is 10.9. The summed E-state index contributed by atoms with van der Waals surface area (Å²) in [6.45, 7) is 7.66. The van der Waals surface area contributed by atoms with Gasteiger partial charge >= 0.3 is 0 Å². The van der Waals surface area contributed by atoms with Gasteiger partial charge in [-0.05, 0) is 0 Å². The summed E-state index contributed by atoms with van der Waals surface area (Å²) in [7, 11) is 0. The Morgan fingerprint density at radius 1 is 1.44 bits per heavy atom. The summed E-state index contributed by atoms with van der Waals surface area (Å²) < 4.78 is 5.30. The van der Waals surface area contributed by atoms with Gasteiger partial charge in [0.1, 0.15) is 18.0 Å². The molecule has 16 heavy (non-hydrogen) atoms. The quantitative estimate of drug-likeness (QED) is 0.764. The van der Waals surface area contributed by atoms with Crippen molar-refractivity contribution in [2.24, 2.45) is 0 Å². The van der Waals surface area contributed by atoms with E-state index in [1.165, 1.54) is 0 Å². The summed E-state index contributed by atoms with van der Waals surface area (Å²) in [5, 5.41) is 3.15. The van der Waals surface area contributed by atoms with Crippen molar-refractivity contribution in [1.29, 1.82) is 0 Å². The van der Waals surface area contributed by atoms with Crippen molar-refractivity contribution < 1.29 is 4.74 Å². The molecular weight excluding hydrogens is 204 g/mol. The Hall–Kier alpha value is -1.62. The molecule has 1 fully saturated rings. The second-order valence-corrected chi connectivity index (χ2v) is 3.53. The van der Waals surface area contributed by atoms with Gasteiger partial charge in [-0.3, -0.25) is 0 Å². The molecule has 0 amide bonds. The third-order valence-corrected chi connectivity index (χ3v) is 2.42. The molecule has 1 aliphatic heterocycles. The van der Waals surface area contributed by atoms with Crippen molar-refractivity contribution in [3.05, 3.63) is 25.0 Å². The first-order valence-corrected chi connectivity index (χ1v) is 5.39. The number of rotatable bonds is 4. The minimum Gasteiger partial charge on any atom is -0.378 e. The van der Waals surface area contributed by atoms with Crippen LogP contribution in [0.5, 0.6) is 0 Å². The number of aromatic nitrogens is 2. The van der Waals surface area contributed by atoms with Crippen LogP contribution in [-0.4, -0.2) is 42.8 Å². The van der Waals surface area contributed by atoms with Crippen LogP contribution in [0.3, 0.4) is 0 Å². The van der Waals surface area contributed by atoms with E-state index < -0.39 is 0 Å². The highest BCUT2D eigenvalue weighted by atomic mass is 16.5. The number of hydrogen-bond acceptors (Lipinski definition) is 5. The Morgan fingerprint density at radius 3 is 3.00 bits per heavy atom. The molecule has 0 unspecified atom stereocenters. The summed E-state index contributed by atoms with van der Waals surface area (Å²) in [6.07, 6.45) is 3.38. The molecular formula is C11H16N4O. The Morgan fingerprint density at radius 2 is 2.25 bits per heavy atom. The van der Waals surface area contributed by atoms with Crippen LogP contribution in [0, 0.1) is 0 Å². The third-order valence-electron chi connectivity index (χ3n) is 2.42. The molecule has 0 atom stereocenters. The largest absolute Gasteiger partial charge is 0.378 e. The van der Waals surface area contributed by atoms with Crippen LogP contribution in [0.15, 0.2) is 25.0 Å². The predicted octanol–water partition coefficient (Wildman–Crippen LogP) is 0.911. The number of nitrogens with one attached hydrogen (secondary N) is 1. The average Bonchev–Trinajstić information content (AvgIpc) is 2.38.